The third-order valence-corrected chi connectivity index (χ3v) is 4.45. The van der Waals surface area contributed by atoms with Gasteiger partial charge in [-0.25, -0.2) is 0 Å². The summed E-state index contributed by atoms with van der Waals surface area (Å²) < 4.78 is 0. The predicted octanol–water partition coefficient (Wildman–Crippen LogP) is 2.18. The van der Waals surface area contributed by atoms with Gasteiger partial charge in [0.15, 0.2) is 5.78 Å². The Bertz CT molecular complexity index is 497. The minimum Gasteiger partial charge on any atom is -0.395 e. The van der Waals surface area contributed by atoms with Gasteiger partial charge in [-0.05, 0) is 37.7 Å². The van der Waals surface area contributed by atoms with E-state index in [-0.39, 0.29) is 12.4 Å². The number of aliphatic hydroxyl groups excluding tert-OH is 1. The third kappa shape index (κ3) is 4.94. The molecule has 1 heterocycles. The van der Waals surface area contributed by atoms with Gasteiger partial charge in [-0.15, -0.1) is 0 Å². The van der Waals surface area contributed by atoms with Crippen LogP contribution in [0.3, 0.4) is 0 Å². The summed E-state index contributed by atoms with van der Waals surface area (Å²) >= 11 is 11.8. The van der Waals surface area contributed by atoms with E-state index in [2.05, 4.69) is 9.80 Å². The Morgan fingerprint density at radius 1 is 1.10 bits per heavy atom. The number of carbonyl (C=O) groups is 1. The van der Waals surface area contributed by atoms with Gasteiger partial charge in [0.25, 0.3) is 0 Å². The van der Waals surface area contributed by atoms with Gasteiger partial charge in [-0.2, -0.15) is 0 Å². The van der Waals surface area contributed by atoms with Crippen LogP contribution in [0.1, 0.15) is 16.8 Å². The van der Waals surface area contributed by atoms with Crippen molar-refractivity contribution in [2.75, 3.05) is 45.9 Å². The smallest absolute Gasteiger partial charge is 0.176 e. The van der Waals surface area contributed by atoms with Crippen molar-refractivity contribution in [3.8, 4) is 0 Å². The number of aliphatic hydroxyl groups is 1. The molecule has 1 saturated heterocycles. The Morgan fingerprint density at radius 3 is 2.52 bits per heavy atom. The Balaban J connectivity index is 1.91. The maximum absolute atomic E-state index is 12.3. The molecule has 1 aliphatic heterocycles. The number of hydrogen-bond donors (Lipinski definition) is 1. The fourth-order valence-corrected chi connectivity index (χ4v) is 2.81. The van der Waals surface area contributed by atoms with E-state index in [1.165, 1.54) is 0 Å². The van der Waals surface area contributed by atoms with Gasteiger partial charge in [0.05, 0.1) is 23.2 Å². The molecule has 4 nitrogen and oxygen atoms in total. The van der Waals surface area contributed by atoms with Crippen molar-refractivity contribution in [1.82, 2.24) is 9.80 Å². The average molecular weight is 331 g/mol. The summed E-state index contributed by atoms with van der Waals surface area (Å²) in [5.74, 6) is 0.0594. The molecular formula is C15H20Cl2N2O2. The molecule has 1 aromatic rings. The van der Waals surface area contributed by atoms with Crippen molar-refractivity contribution in [1.29, 1.82) is 0 Å². The van der Waals surface area contributed by atoms with Crippen molar-refractivity contribution in [3.63, 3.8) is 0 Å². The van der Waals surface area contributed by atoms with E-state index >= 15 is 0 Å². The molecular weight excluding hydrogens is 311 g/mol. The van der Waals surface area contributed by atoms with Crippen molar-refractivity contribution in [3.05, 3.63) is 33.8 Å². The largest absolute Gasteiger partial charge is 0.395 e. The molecule has 0 unspecified atom stereocenters. The van der Waals surface area contributed by atoms with E-state index in [1.54, 1.807) is 18.2 Å². The lowest BCUT2D eigenvalue weighted by Gasteiger charge is -2.20. The topological polar surface area (TPSA) is 43.8 Å². The summed E-state index contributed by atoms with van der Waals surface area (Å²) in [6.07, 6.45) is 1.01. The van der Waals surface area contributed by atoms with Crippen molar-refractivity contribution < 1.29 is 9.90 Å². The highest BCUT2D eigenvalue weighted by molar-refractivity contribution is 6.42. The van der Waals surface area contributed by atoms with Crippen molar-refractivity contribution >= 4 is 29.0 Å². The summed E-state index contributed by atoms with van der Waals surface area (Å²) in [4.78, 5) is 16.7. The van der Waals surface area contributed by atoms with Crippen LogP contribution in [0, 0.1) is 0 Å². The summed E-state index contributed by atoms with van der Waals surface area (Å²) in [5, 5.41) is 9.86. The van der Waals surface area contributed by atoms with Gasteiger partial charge in [0.2, 0.25) is 0 Å². The molecule has 1 aromatic carbocycles. The van der Waals surface area contributed by atoms with Crippen molar-refractivity contribution in [2.24, 2.45) is 0 Å². The molecule has 1 aliphatic rings. The van der Waals surface area contributed by atoms with E-state index in [9.17, 15) is 4.79 Å². The first-order chi connectivity index (χ1) is 10.1. The number of ketones is 1. The SMILES string of the molecule is O=C(CN1CCCN(CCO)CC1)c1ccc(Cl)c(Cl)c1. The number of benzene rings is 1. The number of hydrogen-bond acceptors (Lipinski definition) is 4. The maximum Gasteiger partial charge on any atom is 0.176 e. The lowest BCUT2D eigenvalue weighted by Crippen LogP contribution is -2.35. The van der Waals surface area contributed by atoms with E-state index in [0.717, 1.165) is 32.6 Å². The zero-order valence-corrected chi connectivity index (χ0v) is 13.4. The Kier molecular flexibility index (Phi) is 6.45. The Morgan fingerprint density at radius 2 is 1.81 bits per heavy atom. The molecule has 1 fully saturated rings. The molecule has 0 spiro atoms. The average Bonchev–Trinajstić information content (AvgIpc) is 2.68. The third-order valence-electron chi connectivity index (χ3n) is 3.71. The molecule has 0 bridgehead atoms. The molecule has 2 rings (SSSR count). The van der Waals surface area contributed by atoms with E-state index in [4.69, 9.17) is 28.3 Å². The fraction of sp³-hybridized carbons (Fsp3) is 0.533. The molecule has 21 heavy (non-hydrogen) atoms. The second-order valence-electron chi connectivity index (χ2n) is 5.25. The van der Waals surface area contributed by atoms with Crippen LogP contribution in [0.25, 0.3) is 0 Å². The van der Waals surface area contributed by atoms with Crippen LogP contribution in [0.2, 0.25) is 10.0 Å². The van der Waals surface area contributed by atoms with Crippen LogP contribution in [0.5, 0.6) is 0 Å². The number of nitrogens with zero attached hydrogens (tertiary/aromatic N) is 2. The van der Waals surface area contributed by atoms with Gasteiger partial charge in [0, 0.05) is 25.2 Å². The highest BCUT2D eigenvalue weighted by atomic mass is 35.5. The van der Waals surface area contributed by atoms with Gasteiger partial charge in [-0.3, -0.25) is 14.6 Å². The van der Waals surface area contributed by atoms with Crippen LogP contribution in [-0.4, -0.2) is 66.6 Å². The predicted molar refractivity (Wildman–Crippen MR) is 85.4 cm³/mol. The molecule has 0 saturated carbocycles. The molecule has 0 aromatic heterocycles. The zero-order chi connectivity index (χ0) is 15.2. The standard InChI is InChI=1S/C15H20Cl2N2O2/c16-13-3-2-12(10-14(13)17)15(21)11-19-5-1-4-18(6-7-19)8-9-20/h2-3,10,20H,1,4-9,11H2. The molecule has 0 radical (unpaired) electrons. The molecule has 1 N–H and O–H groups in total. The Hall–Kier alpha value is -0.650. The van der Waals surface area contributed by atoms with E-state index < -0.39 is 0 Å². The van der Waals surface area contributed by atoms with Crippen LogP contribution in [-0.2, 0) is 0 Å². The summed E-state index contributed by atoms with van der Waals surface area (Å²) in [7, 11) is 0. The van der Waals surface area contributed by atoms with Gasteiger partial charge in [-0.1, -0.05) is 23.2 Å². The molecule has 0 aliphatic carbocycles. The van der Waals surface area contributed by atoms with E-state index in [0.29, 0.717) is 28.7 Å². The number of Topliss-reactive ketones (excluding diaryl/α,β-unsaturated/α-hetero) is 1. The molecule has 0 atom stereocenters. The monoisotopic (exact) mass is 330 g/mol. The summed E-state index contributed by atoms with van der Waals surface area (Å²) in [6, 6.07) is 5.00. The van der Waals surface area contributed by atoms with Crippen molar-refractivity contribution in [2.45, 2.75) is 6.42 Å². The molecule has 116 valence electrons. The van der Waals surface area contributed by atoms with Gasteiger partial charge >= 0.3 is 0 Å². The van der Waals surface area contributed by atoms with Crippen LogP contribution in [0.15, 0.2) is 18.2 Å². The number of carbonyl (C=O) groups excluding carboxylic acids is 1. The van der Waals surface area contributed by atoms with Crippen LogP contribution >= 0.6 is 23.2 Å². The van der Waals surface area contributed by atoms with Crippen LogP contribution in [0.4, 0.5) is 0 Å². The second kappa shape index (κ2) is 8.11. The quantitative estimate of drug-likeness (QED) is 0.840. The summed E-state index contributed by atoms with van der Waals surface area (Å²) in [5.41, 5.74) is 0.598. The summed E-state index contributed by atoms with van der Waals surface area (Å²) in [6.45, 7) is 4.87. The minimum atomic E-state index is 0.0594. The number of rotatable bonds is 5. The lowest BCUT2D eigenvalue weighted by molar-refractivity contribution is 0.0932. The zero-order valence-electron chi connectivity index (χ0n) is 11.9. The van der Waals surface area contributed by atoms with E-state index in [1.807, 2.05) is 0 Å². The normalized spacial score (nSPS) is 17.7. The fourth-order valence-electron chi connectivity index (χ4n) is 2.51. The van der Waals surface area contributed by atoms with Gasteiger partial charge in [0.1, 0.15) is 0 Å². The van der Waals surface area contributed by atoms with Gasteiger partial charge < -0.3 is 5.11 Å². The first-order valence-electron chi connectivity index (χ1n) is 7.14. The Labute approximate surface area is 135 Å². The first-order valence-corrected chi connectivity index (χ1v) is 7.89. The highest BCUT2D eigenvalue weighted by Gasteiger charge is 2.17. The molecule has 6 heteroatoms. The second-order valence-corrected chi connectivity index (χ2v) is 6.06. The lowest BCUT2D eigenvalue weighted by atomic mass is 10.1. The number of β-amino-alcohol motifs (C(OH)–C–C–N with tert-alkyl or cyclic N) is 1. The van der Waals surface area contributed by atoms with Crippen LogP contribution < -0.4 is 0 Å². The first kappa shape index (κ1) is 16.7. The molecule has 0 amide bonds. The minimum absolute atomic E-state index is 0.0594. The number of halogens is 2. The highest BCUT2D eigenvalue weighted by Crippen LogP contribution is 2.23. The maximum atomic E-state index is 12.3.